The van der Waals surface area contributed by atoms with Crippen LogP contribution < -0.4 is 4.90 Å². The van der Waals surface area contributed by atoms with Gasteiger partial charge in [0.1, 0.15) is 5.76 Å². The Kier molecular flexibility index (Phi) is 7.01. The smallest absolute Gasteiger partial charge is 0.289 e. The van der Waals surface area contributed by atoms with Crippen LogP contribution in [0.5, 0.6) is 0 Å². The number of amides is 1. The molecule has 0 N–H and O–H groups in total. The van der Waals surface area contributed by atoms with E-state index in [4.69, 9.17) is 16.0 Å². The van der Waals surface area contributed by atoms with Crippen molar-refractivity contribution in [1.29, 1.82) is 0 Å². The molecule has 0 radical (unpaired) electrons. The highest BCUT2D eigenvalue weighted by molar-refractivity contribution is 7.83. The molecular formula is C25H27ClN2O3S. The van der Waals surface area contributed by atoms with Crippen LogP contribution in [0.25, 0.3) is 0 Å². The first kappa shape index (κ1) is 22.6. The summed E-state index contributed by atoms with van der Waals surface area (Å²) >= 11 is 6.00. The molecule has 1 aliphatic rings. The fourth-order valence-corrected chi connectivity index (χ4v) is 5.30. The number of halogens is 1. The summed E-state index contributed by atoms with van der Waals surface area (Å²) in [5.74, 6) is 1.41. The van der Waals surface area contributed by atoms with Gasteiger partial charge in [-0.2, -0.15) is 0 Å². The van der Waals surface area contributed by atoms with Gasteiger partial charge in [0.2, 0.25) is 0 Å². The van der Waals surface area contributed by atoms with E-state index in [9.17, 15) is 9.00 Å². The molecule has 32 heavy (non-hydrogen) atoms. The first-order valence-corrected chi connectivity index (χ1v) is 12.6. The molecule has 0 unspecified atom stereocenters. The summed E-state index contributed by atoms with van der Waals surface area (Å²) in [7, 11) is -1.15. The van der Waals surface area contributed by atoms with Gasteiger partial charge in [-0.3, -0.25) is 9.00 Å². The number of furan rings is 1. The largest absolute Gasteiger partial charge is 0.455 e. The molecule has 3 aromatic rings. The van der Waals surface area contributed by atoms with Gasteiger partial charge in [0.15, 0.2) is 5.76 Å². The molecule has 4 rings (SSSR count). The number of benzene rings is 2. The van der Waals surface area contributed by atoms with Crippen molar-refractivity contribution in [1.82, 2.24) is 4.90 Å². The predicted octanol–water partition coefficient (Wildman–Crippen LogP) is 4.96. The standard InChI is InChI=1S/C25H27ClN2O3S/c1-18-6-7-19(2)23(14-18)27-10-12-28(13-11-27)25(29)24-9-8-22(31-24)17-32(30)16-20-4-3-5-21(26)15-20/h3-9,14-15H,10-13,16-17H2,1-2H3/t32-/m0/s1. The van der Waals surface area contributed by atoms with Crippen molar-refractivity contribution >= 4 is 34.0 Å². The van der Waals surface area contributed by atoms with E-state index in [1.165, 1.54) is 16.8 Å². The Morgan fingerprint density at radius 2 is 1.78 bits per heavy atom. The molecule has 1 amide bonds. The van der Waals surface area contributed by atoms with Crippen LogP contribution in [0.3, 0.4) is 0 Å². The average Bonchev–Trinajstić information content (AvgIpc) is 3.23. The Bertz CT molecular complexity index is 1140. The highest BCUT2D eigenvalue weighted by atomic mass is 35.5. The van der Waals surface area contributed by atoms with Gasteiger partial charge >= 0.3 is 0 Å². The van der Waals surface area contributed by atoms with Crippen LogP contribution in [0, 0.1) is 13.8 Å². The van der Waals surface area contributed by atoms with Crippen LogP contribution >= 0.6 is 11.6 Å². The molecule has 2 aromatic carbocycles. The number of anilines is 1. The minimum Gasteiger partial charge on any atom is -0.455 e. The zero-order chi connectivity index (χ0) is 22.7. The van der Waals surface area contributed by atoms with Gasteiger partial charge in [0.25, 0.3) is 5.91 Å². The van der Waals surface area contributed by atoms with Crippen LogP contribution in [0.15, 0.2) is 59.0 Å². The summed E-state index contributed by atoms with van der Waals surface area (Å²) in [5, 5.41) is 0.628. The predicted molar refractivity (Wildman–Crippen MR) is 130 cm³/mol. The van der Waals surface area contributed by atoms with Crippen molar-refractivity contribution in [2.75, 3.05) is 31.1 Å². The first-order valence-electron chi connectivity index (χ1n) is 10.7. The second-order valence-corrected chi connectivity index (χ2v) is 10.1. The van der Waals surface area contributed by atoms with Crippen LogP contribution in [-0.4, -0.2) is 41.2 Å². The molecule has 1 aliphatic heterocycles. The third kappa shape index (κ3) is 5.43. The Morgan fingerprint density at radius 1 is 1.00 bits per heavy atom. The highest BCUT2D eigenvalue weighted by Crippen LogP contribution is 2.24. The van der Waals surface area contributed by atoms with Crippen molar-refractivity contribution in [3.63, 3.8) is 0 Å². The molecule has 5 nitrogen and oxygen atoms in total. The number of nitrogens with zero attached hydrogens (tertiary/aromatic N) is 2. The molecule has 1 aromatic heterocycles. The quantitative estimate of drug-likeness (QED) is 0.511. The number of piperazine rings is 1. The lowest BCUT2D eigenvalue weighted by molar-refractivity contribution is 0.0713. The lowest BCUT2D eigenvalue weighted by atomic mass is 10.1. The number of aryl methyl sites for hydroxylation is 2. The highest BCUT2D eigenvalue weighted by Gasteiger charge is 2.25. The van der Waals surface area contributed by atoms with Gasteiger partial charge in [0, 0.05) is 53.4 Å². The topological polar surface area (TPSA) is 53.8 Å². The molecule has 1 atom stereocenters. The maximum Gasteiger partial charge on any atom is 0.289 e. The summed E-state index contributed by atoms with van der Waals surface area (Å²) in [6.45, 7) is 7.07. The molecule has 1 fully saturated rings. The Balaban J connectivity index is 1.33. The van der Waals surface area contributed by atoms with E-state index in [0.717, 1.165) is 18.7 Å². The summed E-state index contributed by atoms with van der Waals surface area (Å²) < 4.78 is 18.3. The lowest BCUT2D eigenvalue weighted by Gasteiger charge is -2.36. The van der Waals surface area contributed by atoms with Gasteiger partial charge in [0.05, 0.1) is 5.75 Å². The van der Waals surface area contributed by atoms with Crippen LogP contribution in [-0.2, 0) is 22.3 Å². The monoisotopic (exact) mass is 470 g/mol. The molecule has 168 valence electrons. The summed E-state index contributed by atoms with van der Waals surface area (Å²) in [6.07, 6.45) is 0. The molecule has 7 heteroatoms. The van der Waals surface area contributed by atoms with Crippen LogP contribution in [0.1, 0.15) is 33.0 Å². The second kappa shape index (κ2) is 9.92. The number of hydrogen-bond donors (Lipinski definition) is 0. The van der Waals surface area contributed by atoms with Crippen molar-refractivity contribution in [3.8, 4) is 0 Å². The van der Waals surface area contributed by atoms with Gasteiger partial charge < -0.3 is 14.2 Å². The van der Waals surface area contributed by atoms with Gasteiger partial charge in [-0.25, -0.2) is 0 Å². The third-order valence-corrected chi connectivity index (χ3v) is 7.16. The molecule has 0 saturated carbocycles. The van der Waals surface area contributed by atoms with E-state index < -0.39 is 10.8 Å². The van der Waals surface area contributed by atoms with Crippen molar-refractivity contribution in [2.24, 2.45) is 0 Å². The van der Waals surface area contributed by atoms with E-state index in [0.29, 0.717) is 35.4 Å². The zero-order valence-corrected chi connectivity index (χ0v) is 19.9. The average molecular weight is 471 g/mol. The molecule has 0 spiro atoms. The molecule has 1 saturated heterocycles. The van der Waals surface area contributed by atoms with E-state index >= 15 is 0 Å². The Hall–Kier alpha value is -2.57. The maximum atomic E-state index is 12.9. The van der Waals surface area contributed by atoms with Gasteiger partial charge in [-0.15, -0.1) is 0 Å². The summed E-state index contributed by atoms with van der Waals surface area (Å²) in [5.41, 5.74) is 4.64. The lowest BCUT2D eigenvalue weighted by Crippen LogP contribution is -2.49. The maximum absolute atomic E-state index is 12.9. The van der Waals surface area contributed by atoms with E-state index in [1.54, 1.807) is 18.2 Å². The van der Waals surface area contributed by atoms with Gasteiger partial charge in [-0.1, -0.05) is 35.9 Å². The summed E-state index contributed by atoms with van der Waals surface area (Å²) in [6, 6.07) is 17.2. The van der Waals surface area contributed by atoms with E-state index in [2.05, 4.69) is 36.9 Å². The van der Waals surface area contributed by atoms with E-state index in [-0.39, 0.29) is 11.7 Å². The number of rotatable bonds is 6. The minimum atomic E-state index is -1.15. The fourth-order valence-electron chi connectivity index (χ4n) is 3.96. The minimum absolute atomic E-state index is 0.113. The number of carbonyl (C=O) groups is 1. The van der Waals surface area contributed by atoms with Crippen LogP contribution in [0.2, 0.25) is 5.02 Å². The van der Waals surface area contributed by atoms with E-state index in [1.807, 2.05) is 23.1 Å². The van der Waals surface area contributed by atoms with Crippen molar-refractivity contribution in [2.45, 2.75) is 25.4 Å². The molecular weight excluding hydrogens is 444 g/mol. The normalized spacial score (nSPS) is 15.1. The Morgan fingerprint density at radius 3 is 2.53 bits per heavy atom. The molecule has 0 aliphatic carbocycles. The number of hydrogen-bond acceptors (Lipinski definition) is 4. The van der Waals surface area contributed by atoms with Gasteiger partial charge in [-0.05, 0) is 60.9 Å². The number of carbonyl (C=O) groups excluding carboxylic acids is 1. The third-order valence-electron chi connectivity index (χ3n) is 5.66. The fraction of sp³-hybridized carbons (Fsp3) is 0.320. The van der Waals surface area contributed by atoms with Crippen LogP contribution in [0.4, 0.5) is 5.69 Å². The Labute approximate surface area is 196 Å². The molecule has 2 heterocycles. The second-order valence-electron chi connectivity index (χ2n) is 8.19. The first-order chi connectivity index (χ1) is 15.4. The molecule has 0 bridgehead atoms. The van der Waals surface area contributed by atoms with Crippen molar-refractivity contribution in [3.05, 3.63) is 87.8 Å². The zero-order valence-electron chi connectivity index (χ0n) is 18.3. The van der Waals surface area contributed by atoms with Crippen molar-refractivity contribution < 1.29 is 13.4 Å². The SMILES string of the molecule is Cc1ccc(C)c(N2CCN(C(=O)c3ccc(C[S@@](=O)Cc4cccc(Cl)c4)o3)CC2)c1. The summed E-state index contributed by atoms with van der Waals surface area (Å²) in [4.78, 5) is 17.1.